The van der Waals surface area contributed by atoms with Gasteiger partial charge in [0, 0.05) is 16.2 Å². The minimum atomic E-state index is -3.89. The van der Waals surface area contributed by atoms with Crippen LogP contribution >= 0.6 is 15.9 Å². The number of sulfonamides is 1. The Hall–Kier alpha value is -2.26. The molecule has 0 atom stereocenters. The van der Waals surface area contributed by atoms with Crippen molar-refractivity contribution in [2.75, 3.05) is 17.9 Å². The highest BCUT2D eigenvalue weighted by Crippen LogP contribution is 2.37. The van der Waals surface area contributed by atoms with Crippen LogP contribution in [-0.2, 0) is 10.0 Å². The highest BCUT2D eigenvalue weighted by atomic mass is 79.9. The molecule has 2 aromatic rings. The van der Waals surface area contributed by atoms with E-state index in [9.17, 15) is 13.2 Å². The fourth-order valence-electron chi connectivity index (χ4n) is 2.14. The zero-order valence-electron chi connectivity index (χ0n) is 12.2. The van der Waals surface area contributed by atoms with Crippen molar-refractivity contribution in [3.63, 3.8) is 0 Å². The fraction of sp³-hybridized carbons (Fsp3) is 0.133. The maximum absolute atomic E-state index is 12.6. The molecule has 0 fully saturated rings. The highest BCUT2D eigenvalue weighted by molar-refractivity contribution is 9.10. The van der Waals surface area contributed by atoms with E-state index >= 15 is 0 Å². The zero-order chi connectivity index (χ0) is 17.3. The number of hydrogen-bond acceptors (Lipinski definition) is 5. The summed E-state index contributed by atoms with van der Waals surface area (Å²) in [5, 5.41) is 8.86. The van der Waals surface area contributed by atoms with Crippen LogP contribution in [0.15, 0.2) is 45.8 Å². The predicted molar refractivity (Wildman–Crippen MR) is 89.3 cm³/mol. The number of aromatic carboxylic acids is 1. The summed E-state index contributed by atoms with van der Waals surface area (Å²) in [5.74, 6) is -0.261. The van der Waals surface area contributed by atoms with Crippen LogP contribution in [-0.4, -0.2) is 32.7 Å². The van der Waals surface area contributed by atoms with E-state index in [0.717, 1.165) is 0 Å². The van der Waals surface area contributed by atoms with Crippen LogP contribution in [0.3, 0.4) is 0 Å². The Morgan fingerprint density at radius 3 is 2.25 bits per heavy atom. The van der Waals surface area contributed by atoms with Crippen molar-refractivity contribution in [1.82, 2.24) is 0 Å². The quantitative estimate of drug-likeness (QED) is 0.798. The Bertz CT molecular complexity index is 895. The van der Waals surface area contributed by atoms with E-state index in [1.165, 1.54) is 36.4 Å². The first-order valence-electron chi connectivity index (χ1n) is 6.82. The average molecular weight is 414 g/mol. The van der Waals surface area contributed by atoms with Crippen LogP contribution in [0.4, 0.5) is 5.69 Å². The maximum atomic E-state index is 12.6. The third-order valence-corrected chi connectivity index (χ3v) is 5.61. The molecule has 126 valence electrons. The largest absolute Gasteiger partial charge is 0.486 e. The molecule has 0 aromatic heterocycles. The van der Waals surface area contributed by atoms with E-state index < -0.39 is 16.0 Å². The Morgan fingerprint density at radius 2 is 1.67 bits per heavy atom. The Labute approximate surface area is 146 Å². The van der Waals surface area contributed by atoms with Crippen molar-refractivity contribution in [2.24, 2.45) is 0 Å². The molecule has 0 unspecified atom stereocenters. The second-order valence-corrected chi connectivity index (χ2v) is 7.42. The van der Waals surface area contributed by atoms with Crippen molar-refractivity contribution < 1.29 is 27.8 Å². The second-order valence-electron chi connectivity index (χ2n) is 4.91. The molecule has 0 saturated carbocycles. The second kappa shape index (κ2) is 6.33. The van der Waals surface area contributed by atoms with Crippen molar-refractivity contribution in [2.45, 2.75) is 4.90 Å². The molecule has 3 rings (SSSR count). The number of carbonyl (C=O) groups is 1. The van der Waals surface area contributed by atoms with Crippen molar-refractivity contribution in [1.29, 1.82) is 0 Å². The van der Waals surface area contributed by atoms with E-state index in [2.05, 4.69) is 20.7 Å². The lowest BCUT2D eigenvalue weighted by Gasteiger charge is -2.20. The smallest absolute Gasteiger partial charge is 0.335 e. The monoisotopic (exact) mass is 413 g/mol. The molecule has 2 aromatic carbocycles. The lowest BCUT2D eigenvalue weighted by atomic mass is 10.2. The average Bonchev–Trinajstić information content (AvgIpc) is 2.54. The molecule has 0 bridgehead atoms. The Balaban J connectivity index is 1.91. The van der Waals surface area contributed by atoms with Gasteiger partial charge in [0.2, 0.25) is 0 Å². The number of ether oxygens (including phenoxy) is 2. The van der Waals surface area contributed by atoms with Crippen molar-refractivity contribution in [3.05, 3.63) is 46.4 Å². The number of carboxylic acid groups (broad SMARTS) is 1. The minimum absolute atomic E-state index is 0.00550. The van der Waals surface area contributed by atoms with Gasteiger partial charge in [-0.2, -0.15) is 0 Å². The molecule has 0 saturated heterocycles. The van der Waals surface area contributed by atoms with Crippen LogP contribution in [0, 0.1) is 0 Å². The van der Waals surface area contributed by atoms with Crippen LogP contribution in [0.25, 0.3) is 0 Å². The number of benzene rings is 2. The lowest BCUT2D eigenvalue weighted by Crippen LogP contribution is -2.18. The molecule has 9 heteroatoms. The minimum Gasteiger partial charge on any atom is -0.486 e. The van der Waals surface area contributed by atoms with Crippen molar-refractivity contribution in [3.8, 4) is 11.5 Å². The van der Waals surface area contributed by atoms with Crippen molar-refractivity contribution >= 4 is 37.6 Å². The fourth-order valence-corrected chi connectivity index (χ4v) is 4.24. The first-order chi connectivity index (χ1) is 11.4. The number of carboxylic acids is 1. The van der Waals surface area contributed by atoms with Gasteiger partial charge in [0.15, 0.2) is 11.5 Å². The molecular weight excluding hydrogens is 402 g/mol. The molecule has 1 heterocycles. The van der Waals surface area contributed by atoms with E-state index in [1.807, 2.05) is 0 Å². The van der Waals surface area contributed by atoms with Crippen LogP contribution in [0.1, 0.15) is 10.4 Å². The summed E-state index contributed by atoms with van der Waals surface area (Å²) in [4.78, 5) is 10.8. The van der Waals surface area contributed by atoms with Gasteiger partial charge in [-0.15, -0.1) is 0 Å². The number of nitrogens with one attached hydrogen (secondary N) is 1. The number of anilines is 1. The summed E-state index contributed by atoms with van der Waals surface area (Å²) in [7, 11) is -3.89. The zero-order valence-corrected chi connectivity index (χ0v) is 14.6. The molecule has 0 radical (unpaired) electrons. The molecule has 0 aliphatic carbocycles. The molecular formula is C15H12BrNO6S. The van der Waals surface area contributed by atoms with Gasteiger partial charge in [-0.1, -0.05) is 0 Å². The first-order valence-corrected chi connectivity index (χ1v) is 9.10. The van der Waals surface area contributed by atoms with Gasteiger partial charge in [-0.05, 0) is 46.3 Å². The molecule has 1 aliphatic rings. The van der Waals surface area contributed by atoms with Gasteiger partial charge < -0.3 is 14.6 Å². The third kappa shape index (κ3) is 3.31. The van der Waals surface area contributed by atoms with Gasteiger partial charge >= 0.3 is 5.97 Å². The Morgan fingerprint density at radius 1 is 1.08 bits per heavy atom. The normalized spacial score (nSPS) is 13.4. The van der Waals surface area contributed by atoms with Gasteiger partial charge in [-0.25, -0.2) is 13.2 Å². The lowest BCUT2D eigenvalue weighted by molar-refractivity contribution is 0.0697. The van der Waals surface area contributed by atoms with Gasteiger partial charge in [-0.3, -0.25) is 4.72 Å². The summed E-state index contributed by atoms with van der Waals surface area (Å²) in [6.07, 6.45) is 0. The van der Waals surface area contributed by atoms with Gasteiger partial charge in [0.05, 0.1) is 5.56 Å². The standard InChI is InChI=1S/C15H12BrNO6S/c16-11-7-12-13(23-6-5-22-12)8-14(11)24(20,21)17-10-3-1-9(2-4-10)15(18)19/h1-4,7-8,17H,5-6H2,(H,18,19). The first kappa shape index (κ1) is 16.6. The van der Waals surface area contributed by atoms with E-state index in [0.29, 0.717) is 29.2 Å². The van der Waals surface area contributed by atoms with Crippen LogP contribution in [0.2, 0.25) is 0 Å². The molecule has 24 heavy (non-hydrogen) atoms. The predicted octanol–water partition coefficient (Wildman–Crippen LogP) is 2.72. The van der Waals surface area contributed by atoms with E-state index in [1.54, 1.807) is 0 Å². The summed E-state index contributed by atoms with van der Waals surface area (Å²) in [6.45, 7) is 0.748. The highest BCUT2D eigenvalue weighted by Gasteiger charge is 2.23. The number of halogens is 1. The summed E-state index contributed by atoms with van der Waals surface area (Å²) in [5.41, 5.74) is 0.320. The van der Waals surface area contributed by atoms with Crippen LogP contribution in [0.5, 0.6) is 11.5 Å². The van der Waals surface area contributed by atoms with Crippen LogP contribution < -0.4 is 14.2 Å². The number of fused-ring (bicyclic) bond motifs is 1. The molecule has 7 nitrogen and oxygen atoms in total. The topological polar surface area (TPSA) is 102 Å². The maximum Gasteiger partial charge on any atom is 0.335 e. The molecule has 1 aliphatic heterocycles. The third-order valence-electron chi connectivity index (χ3n) is 3.27. The van der Waals surface area contributed by atoms with E-state index in [4.69, 9.17) is 14.6 Å². The SMILES string of the molecule is O=C(O)c1ccc(NS(=O)(=O)c2cc3c(cc2Br)OCCO3)cc1. The molecule has 2 N–H and O–H groups in total. The molecule has 0 spiro atoms. The summed E-state index contributed by atoms with van der Waals surface area (Å²) in [6, 6.07) is 8.32. The van der Waals surface area contributed by atoms with Gasteiger partial charge in [0.25, 0.3) is 10.0 Å². The van der Waals surface area contributed by atoms with Gasteiger partial charge in [0.1, 0.15) is 18.1 Å². The number of hydrogen-bond donors (Lipinski definition) is 2. The summed E-state index contributed by atoms with van der Waals surface area (Å²) < 4.78 is 38.7. The molecule has 0 amide bonds. The Kier molecular flexibility index (Phi) is 4.37. The number of rotatable bonds is 4. The van der Waals surface area contributed by atoms with E-state index in [-0.39, 0.29) is 16.1 Å². The summed E-state index contributed by atoms with van der Waals surface area (Å²) >= 11 is 3.22.